The maximum absolute atomic E-state index is 13.0. The Bertz CT molecular complexity index is 1160. The Kier molecular flexibility index (Phi) is 6.57. The van der Waals surface area contributed by atoms with Crippen molar-refractivity contribution >= 4 is 15.8 Å². The van der Waals surface area contributed by atoms with Crippen molar-refractivity contribution in [2.24, 2.45) is 0 Å². The predicted octanol–water partition coefficient (Wildman–Crippen LogP) is 3.06. The van der Waals surface area contributed by atoms with Gasteiger partial charge in [-0.25, -0.2) is 18.4 Å². The number of hydrogen-bond donors (Lipinski definition) is 0. The largest absolute Gasteiger partial charge is 0.497 e. The van der Waals surface area contributed by atoms with E-state index in [1.807, 2.05) is 37.3 Å². The molecular formula is C23H26N4O4S. The second-order valence-electron chi connectivity index (χ2n) is 7.29. The first-order chi connectivity index (χ1) is 15.5. The average molecular weight is 455 g/mol. The van der Waals surface area contributed by atoms with Crippen LogP contribution in [0, 0.1) is 0 Å². The Morgan fingerprint density at radius 3 is 2.38 bits per heavy atom. The summed E-state index contributed by atoms with van der Waals surface area (Å²) in [6.45, 7) is 4.42. The minimum absolute atomic E-state index is 0.241. The standard InChI is InChI=1S/C23H26N4O4S/c1-3-31-19-9-7-18(8-10-19)22-16-23(25-17-24-22)26-11-13-27(14-12-26)32(28,29)21-6-4-5-20(15-21)30-2/h4-10,15-17H,3,11-14H2,1-2H3. The number of aromatic nitrogens is 2. The quantitative estimate of drug-likeness (QED) is 0.542. The smallest absolute Gasteiger partial charge is 0.243 e. The van der Waals surface area contributed by atoms with E-state index in [4.69, 9.17) is 9.47 Å². The van der Waals surface area contributed by atoms with Crippen LogP contribution in [0.1, 0.15) is 6.92 Å². The number of methoxy groups -OCH3 is 1. The van der Waals surface area contributed by atoms with Crippen LogP contribution < -0.4 is 14.4 Å². The minimum atomic E-state index is -3.58. The van der Waals surface area contributed by atoms with Crippen molar-refractivity contribution in [1.82, 2.24) is 14.3 Å². The van der Waals surface area contributed by atoms with Gasteiger partial charge in [0.15, 0.2) is 0 Å². The van der Waals surface area contributed by atoms with Crippen LogP contribution >= 0.6 is 0 Å². The lowest BCUT2D eigenvalue weighted by Crippen LogP contribution is -2.48. The van der Waals surface area contributed by atoms with E-state index in [0.29, 0.717) is 38.5 Å². The first-order valence-corrected chi connectivity index (χ1v) is 11.9. The second-order valence-corrected chi connectivity index (χ2v) is 9.23. The van der Waals surface area contributed by atoms with E-state index in [2.05, 4.69) is 14.9 Å². The molecule has 1 aliphatic heterocycles. The van der Waals surface area contributed by atoms with Crippen LogP contribution in [-0.2, 0) is 10.0 Å². The first-order valence-electron chi connectivity index (χ1n) is 10.5. The molecule has 0 spiro atoms. The van der Waals surface area contributed by atoms with E-state index >= 15 is 0 Å². The lowest BCUT2D eigenvalue weighted by atomic mass is 10.1. The van der Waals surface area contributed by atoms with Crippen LogP contribution in [0.15, 0.2) is 65.8 Å². The molecule has 0 radical (unpaired) electrons. The van der Waals surface area contributed by atoms with Crippen molar-refractivity contribution in [2.75, 3.05) is 44.8 Å². The zero-order valence-electron chi connectivity index (χ0n) is 18.1. The van der Waals surface area contributed by atoms with Gasteiger partial charge in [0.25, 0.3) is 0 Å². The predicted molar refractivity (Wildman–Crippen MR) is 123 cm³/mol. The maximum atomic E-state index is 13.0. The van der Waals surface area contributed by atoms with Crippen molar-refractivity contribution in [3.8, 4) is 22.8 Å². The number of sulfonamides is 1. The van der Waals surface area contributed by atoms with E-state index in [1.165, 1.54) is 11.4 Å². The molecule has 9 heteroatoms. The molecular weight excluding hydrogens is 428 g/mol. The van der Waals surface area contributed by atoms with Gasteiger partial charge < -0.3 is 14.4 Å². The van der Waals surface area contributed by atoms with Crippen molar-refractivity contribution in [1.29, 1.82) is 0 Å². The molecule has 2 aromatic carbocycles. The molecule has 0 unspecified atom stereocenters. The molecule has 0 amide bonds. The van der Waals surface area contributed by atoms with Crippen LogP contribution in [0.25, 0.3) is 11.3 Å². The summed E-state index contributed by atoms with van der Waals surface area (Å²) in [6, 6.07) is 16.3. The number of benzene rings is 2. The van der Waals surface area contributed by atoms with Gasteiger partial charge in [-0.05, 0) is 43.3 Å². The van der Waals surface area contributed by atoms with Gasteiger partial charge in [0.05, 0.1) is 24.3 Å². The molecule has 2 heterocycles. The van der Waals surface area contributed by atoms with Gasteiger partial charge in [0.1, 0.15) is 23.6 Å². The highest BCUT2D eigenvalue weighted by atomic mass is 32.2. The first kappa shape index (κ1) is 22.0. The lowest BCUT2D eigenvalue weighted by Gasteiger charge is -2.34. The Balaban J connectivity index is 1.46. The van der Waals surface area contributed by atoms with E-state index in [0.717, 1.165) is 22.8 Å². The van der Waals surface area contributed by atoms with Gasteiger partial charge >= 0.3 is 0 Å². The third-order valence-electron chi connectivity index (χ3n) is 5.36. The summed E-state index contributed by atoms with van der Waals surface area (Å²) in [5, 5.41) is 0. The molecule has 1 aromatic heterocycles. The van der Waals surface area contributed by atoms with Crippen LogP contribution in [0.4, 0.5) is 5.82 Å². The number of anilines is 1. The van der Waals surface area contributed by atoms with Crippen molar-refractivity contribution < 1.29 is 17.9 Å². The third-order valence-corrected chi connectivity index (χ3v) is 7.25. The highest BCUT2D eigenvalue weighted by Crippen LogP contribution is 2.26. The molecule has 1 fully saturated rings. The molecule has 1 saturated heterocycles. The molecule has 1 aliphatic rings. The molecule has 32 heavy (non-hydrogen) atoms. The van der Waals surface area contributed by atoms with Gasteiger partial charge in [-0.15, -0.1) is 0 Å². The van der Waals surface area contributed by atoms with E-state index in [1.54, 1.807) is 30.6 Å². The van der Waals surface area contributed by atoms with Crippen LogP contribution in [0.2, 0.25) is 0 Å². The maximum Gasteiger partial charge on any atom is 0.243 e. The molecule has 4 rings (SSSR count). The fraction of sp³-hybridized carbons (Fsp3) is 0.304. The highest BCUT2D eigenvalue weighted by Gasteiger charge is 2.29. The summed E-state index contributed by atoms with van der Waals surface area (Å²) in [6.07, 6.45) is 1.54. The molecule has 0 aliphatic carbocycles. The van der Waals surface area contributed by atoms with E-state index in [-0.39, 0.29) is 4.90 Å². The van der Waals surface area contributed by atoms with Crippen molar-refractivity contribution in [3.63, 3.8) is 0 Å². The van der Waals surface area contributed by atoms with E-state index in [9.17, 15) is 8.42 Å². The number of hydrogen-bond acceptors (Lipinski definition) is 7. The highest BCUT2D eigenvalue weighted by molar-refractivity contribution is 7.89. The summed E-state index contributed by atoms with van der Waals surface area (Å²) in [7, 11) is -2.06. The summed E-state index contributed by atoms with van der Waals surface area (Å²) in [4.78, 5) is 11.1. The molecule has 3 aromatic rings. The van der Waals surface area contributed by atoms with Crippen molar-refractivity contribution in [3.05, 3.63) is 60.9 Å². The van der Waals surface area contributed by atoms with Gasteiger partial charge in [0.2, 0.25) is 10.0 Å². The topological polar surface area (TPSA) is 84.9 Å². The molecule has 0 atom stereocenters. The zero-order chi connectivity index (χ0) is 22.6. The summed E-state index contributed by atoms with van der Waals surface area (Å²) < 4.78 is 38.2. The van der Waals surface area contributed by atoms with Crippen LogP contribution in [-0.4, -0.2) is 62.6 Å². The van der Waals surface area contributed by atoms with Crippen LogP contribution in [0.3, 0.4) is 0 Å². The Morgan fingerprint density at radius 2 is 1.69 bits per heavy atom. The fourth-order valence-corrected chi connectivity index (χ4v) is 5.09. The summed E-state index contributed by atoms with van der Waals surface area (Å²) in [5.74, 6) is 2.12. The third kappa shape index (κ3) is 4.68. The fourth-order valence-electron chi connectivity index (χ4n) is 3.63. The minimum Gasteiger partial charge on any atom is -0.497 e. The molecule has 0 N–H and O–H groups in total. The number of rotatable bonds is 7. The monoisotopic (exact) mass is 454 g/mol. The molecule has 0 bridgehead atoms. The van der Waals surface area contributed by atoms with Crippen molar-refractivity contribution in [2.45, 2.75) is 11.8 Å². The van der Waals surface area contributed by atoms with E-state index < -0.39 is 10.0 Å². The van der Waals surface area contributed by atoms with Gasteiger partial charge in [0, 0.05) is 43.9 Å². The number of nitrogens with zero attached hydrogens (tertiary/aromatic N) is 4. The van der Waals surface area contributed by atoms with Crippen LogP contribution in [0.5, 0.6) is 11.5 Å². The van der Waals surface area contributed by atoms with Gasteiger partial charge in [-0.2, -0.15) is 4.31 Å². The Morgan fingerprint density at radius 1 is 0.938 bits per heavy atom. The molecule has 168 valence electrons. The van der Waals surface area contributed by atoms with Gasteiger partial charge in [-0.1, -0.05) is 6.07 Å². The normalized spacial score (nSPS) is 14.9. The SMILES string of the molecule is CCOc1ccc(-c2cc(N3CCN(S(=O)(=O)c4cccc(OC)c4)CC3)ncn2)cc1. The van der Waals surface area contributed by atoms with Gasteiger partial charge in [-0.3, -0.25) is 0 Å². The number of piperazine rings is 1. The lowest BCUT2D eigenvalue weighted by molar-refractivity contribution is 0.340. The Labute approximate surface area is 188 Å². The summed E-state index contributed by atoms with van der Waals surface area (Å²) >= 11 is 0. The average Bonchev–Trinajstić information content (AvgIpc) is 2.85. The second kappa shape index (κ2) is 9.54. The zero-order valence-corrected chi connectivity index (χ0v) is 19.0. The molecule has 0 saturated carbocycles. The summed E-state index contributed by atoms with van der Waals surface area (Å²) in [5.41, 5.74) is 1.78. The Hall–Kier alpha value is -3.17. The number of ether oxygens (including phenoxy) is 2. The molecule has 8 nitrogen and oxygen atoms in total.